The largest absolute Gasteiger partial charge is 0.587 e. The van der Waals surface area contributed by atoms with Crippen molar-refractivity contribution in [2.24, 2.45) is 0 Å². The van der Waals surface area contributed by atoms with Crippen LogP contribution >= 0.6 is 38.7 Å². The molecule has 11 aromatic carbocycles. The summed E-state index contributed by atoms with van der Waals surface area (Å²) in [6, 6.07) is 103. The third kappa shape index (κ3) is 52.5. The Hall–Kier alpha value is -9.23. The maximum Gasteiger partial charge on any atom is 0.587 e. The number of rotatable bonds is 21. The Morgan fingerprint density at radius 3 is 0.358 bits per heavy atom. The lowest BCUT2D eigenvalue weighted by molar-refractivity contribution is 0.248. The minimum Gasteiger partial charge on any atom is -0.395 e. The van der Waals surface area contributed by atoms with Gasteiger partial charge in [-0.3, -0.25) is 22.7 Å². The smallest absolute Gasteiger partial charge is 0.395 e. The van der Waals surface area contributed by atoms with Gasteiger partial charge in [0.1, 0.15) is 46.0 Å². The monoisotopic (exact) mass is 1590 g/mol. The first-order valence-corrected chi connectivity index (χ1v) is 44.2. The molecule has 11 rings (SSSR count). The lowest BCUT2D eigenvalue weighted by atomic mass is 10.1. The van der Waals surface area contributed by atoms with E-state index < -0.39 is 38.7 Å². The van der Waals surface area contributed by atoms with Crippen LogP contribution in [0.25, 0.3) is 11.1 Å². The van der Waals surface area contributed by atoms with Gasteiger partial charge in [0, 0.05) is 41.8 Å². The van der Waals surface area contributed by atoms with Crippen molar-refractivity contribution in [2.75, 3.05) is 41.8 Å². The Kier molecular flexibility index (Phi) is 63.8. The number of para-hydroxylation sites is 8. The van der Waals surface area contributed by atoms with Gasteiger partial charge in [0.05, 0.1) is 0 Å². The van der Waals surface area contributed by atoms with Crippen molar-refractivity contribution >= 4 is 38.7 Å². The summed E-state index contributed by atoms with van der Waals surface area (Å²) < 4.78 is 120. The van der Waals surface area contributed by atoms with E-state index in [2.05, 4.69) is 48.5 Å². The first-order valence-electron chi connectivity index (χ1n) is 35.8. The molecule has 0 unspecified atom stereocenters. The summed E-state index contributed by atoms with van der Waals surface area (Å²) in [6.07, 6.45) is 0. The molecule has 0 heterocycles. The molecule has 18 nitrogen and oxygen atoms in total. The molecule has 0 radical (unpaired) electrons. The molecule has 11 aromatic rings. The van der Waals surface area contributed by atoms with E-state index >= 15 is 0 Å². The van der Waals surface area contributed by atoms with Gasteiger partial charge >= 0.3 is 31.3 Å². The maximum atomic E-state index is 12.3. The van der Waals surface area contributed by atoms with Gasteiger partial charge in [0.15, 0.2) is 7.37 Å². The summed E-state index contributed by atoms with van der Waals surface area (Å²) in [5, 5.41) is 0. The lowest BCUT2D eigenvalue weighted by Crippen LogP contribution is -2.02. The maximum absolute atomic E-state index is 12.3. The highest BCUT2D eigenvalue weighted by Gasteiger charge is 2.32. The number of hydrogen-bond acceptors (Lipinski definition) is 17. The molecule has 0 saturated carbocycles. The number of phosphoric acid groups is 4. The van der Waals surface area contributed by atoms with Crippen molar-refractivity contribution in [3.8, 4) is 57.1 Å². The summed E-state index contributed by atoms with van der Waals surface area (Å²) >= 11 is 0. The van der Waals surface area contributed by atoms with E-state index in [1.807, 2.05) is 194 Å². The molecule has 0 amide bonds. The van der Waals surface area contributed by atoms with Gasteiger partial charge in [0.25, 0.3) is 0 Å². The van der Waals surface area contributed by atoms with E-state index in [0.29, 0.717) is 46.0 Å². The van der Waals surface area contributed by atoms with E-state index in [-0.39, 0.29) is 0 Å². The van der Waals surface area contributed by atoms with Crippen LogP contribution in [0.1, 0.15) is 96.9 Å². The summed E-state index contributed by atoms with van der Waals surface area (Å²) in [6.45, 7) is 30.6. The van der Waals surface area contributed by atoms with Gasteiger partial charge in [0.2, 0.25) is 0 Å². The minimum atomic E-state index is -3.64. The highest BCUT2D eigenvalue weighted by atomic mass is 31.2. The molecule has 0 aliphatic heterocycles. The molecule has 109 heavy (non-hydrogen) atoms. The Morgan fingerprint density at radius 1 is 0.183 bits per heavy atom. The van der Waals surface area contributed by atoms with Gasteiger partial charge in [-0.05, 0) is 108 Å². The fraction of sp³-hybridized carbons (Fsp3) is 0.233. The van der Waals surface area contributed by atoms with Gasteiger partial charge in [-0.1, -0.05) is 340 Å². The zero-order valence-electron chi connectivity index (χ0n) is 67.0. The Morgan fingerprint density at radius 2 is 0.266 bits per heavy atom. The third-order valence-corrected chi connectivity index (χ3v) is 16.4. The van der Waals surface area contributed by atoms with Crippen LogP contribution in [-0.4, -0.2) is 46.7 Å². The predicted molar refractivity (Wildman–Crippen MR) is 454 cm³/mol. The normalized spacial score (nSPS) is 9.66. The topological polar surface area (TPSA) is 216 Å². The average molecular weight is 1590 g/mol. The van der Waals surface area contributed by atoms with E-state index in [1.54, 1.807) is 194 Å². The molecule has 0 aliphatic carbocycles. The standard InChI is InChI=1S/4C13H13O4P.C12H10.C6H6.C2H7O2P.7C2H6/c4*1-15-18(14,16-12-8-4-2-5-9-12)17-13-10-6-3-7-11-13;1-3-7-11(8-4-1)12-9-5-2-6-10-12;1-2-4-6-5-3-1;1-5(2,3)4;7*1-2/h4*2-11H,1H3;1-10H;1-6H;1-2H3,(H,3,4);7*1-2H3. The first-order chi connectivity index (χ1) is 52.8. The van der Waals surface area contributed by atoms with E-state index in [1.165, 1.54) is 52.9 Å². The second-order valence-electron chi connectivity index (χ2n) is 18.9. The van der Waals surface area contributed by atoms with Crippen molar-refractivity contribution < 1.29 is 82.0 Å². The second-order valence-corrected chi connectivity index (χ2v) is 28.0. The SMILES string of the molecule is CC.CC.CC.CC.CC.CC.CC.COP(=O)(Oc1ccccc1)Oc1ccccc1.COP(=O)(Oc1ccccc1)Oc1ccccc1.COP(=O)(Oc1ccccc1)Oc1ccccc1.COP(=O)(Oc1ccccc1)Oc1ccccc1.CP(C)(=O)O.c1ccc(-c2ccccc2)cc1.c1ccccc1. The number of hydrogen-bond donors (Lipinski definition) is 1. The molecule has 0 spiro atoms. The number of phosphoric ester groups is 4. The molecule has 0 fully saturated rings. The summed E-state index contributed by atoms with van der Waals surface area (Å²) in [5.41, 5.74) is 2.55. The van der Waals surface area contributed by atoms with E-state index in [9.17, 15) is 22.8 Å². The number of benzene rings is 11. The van der Waals surface area contributed by atoms with Crippen molar-refractivity contribution in [1.29, 1.82) is 0 Å². The van der Waals surface area contributed by atoms with Crippen LogP contribution in [0.2, 0.25) is 0 Å². The van der Waals surface area contributed by atoms with Crippen molar-refractivity contribution in [2.45, 2.75) is 96.9 Å². The molecular formula is C86H117O18P5. The highest BCUT2D eigenvalue weighted by Crippen LogP contribution is 2.51. The van der Waals surface area contributed by atoms with Crippen molar-refractivity contribution in [3.63, 3.8) is 0 Å². The van der Waals surface area contributed by atoms with E-state index in [0.717, 1.165) is 0 Å². The lowest BCUT2D eigenvalue weighted by Gasteiger charge is -2.16. The summed E-state index contributed by atoms with van der Waals surface area (Å²) in [5.74, 6) is 3.43. The molecule has 594 valence electrons. The fourth-order valence-electron chi connectivity index (χ4n) is 6.90. The first kappa shape index (κ1) is 104. The van der Waals surface area contributed by atoms with Gasteiger partial charge in [-0.2, -0.15) is 0 Å². The molecule has 0 aliphatic rings. The van der Waals surface area contributed by atoms with Gasteiger partial charge < -0.3 is 41.1 Å². The van der Waals surface area contributed by atoms with Crippen LogP contribution < -0.4 is 36.2 Å². The molecule has 0 saturated heterocycles. The Balaban J connectivity index is -0.00000120. The van der Waals surface area contributed by atoms with Crippen LogP contribution in [0, 0.1) is 0 Å². The molecule has 23 heteroatoms. The van der Waals surface area contributed by atoms with Crippen molar-refractivity contribution in [3.05, 3.63) is 340 Å². The Bertz CT molecular complexity index is 3360. The zero-order valence-corrected chi connectivity index (χ0v) is 71.4. The zero-order chi connectivity index (χ0) is 82.4. The predicted octanol–water partition coefficient (Wildman–Crippen LogP) is 28.3. The van der Waals surface area contributed by atoms with Crippen molar-refractivity contribution in [1.82, 2.24) is 0 Å². The van der Waals surface area contributed by atoms with Crippen LogP contribution in [0.5, 0.6) is 46.0 Å². The summed E-state index contributed by atoms with van der Waals surface area (Å²) in [7, 11) is -12.1. The van der Waals surface area contributed by atoms with Crippen LogP contribution in [0.3, 0.4) is 0 Å². The third-order valence-electron chi connectivity index (χ3n) is 11.1. The second kappa shape index (κ2) is 66.9. The molecule has 1 N–H and O–H groups in total. The van der Waals surface area contributed by atoms with E-state index in [4.69, 9.17) is 59.2 Å². The minimum absolute atomic E-state index is 0.429. The van der Waals surface area contributed by atoms with Gasteiger partial charge in [-0.25, -0.2) is 18.3 Å². The van der Waals surface area contributed by atoms with Gasteiger partial charge in [-0.15, -0.1) is 0 Å². The van der Waals surface area contributed by atoms with Crippen LogP contribution in [-0.2, 0) is 40.9 Å². The molecular weight excluding hydrogens is 1480 g/mol. The quantitative estimate of drug-likeness (QED) is 0.0662. The molecule has 0 atom stereocenters. The average Bonchev–Trinajstić information content (AvgIpc) is 0.871. The van der Waals surface area contributed by atoms with Crippen LogP contribution in [0.15, 0.2) is 340 Å². The summed E-state index contributed by atoms with van der Waals surface area (Å²) in [4.78, 5) is 8.08. The highest BCUT2D eigenvalue weighted by molar-refractivity contribution is 7.56. The molecule has 0 aromatic heterocycles. The van der Waals surface area contributed by atoms with Crippen LogP contribution in [0.4, 0.5) is 0 Å². The fourth-order valence-corrected chi connectivity index (χ4v) is 10.7. The Labute approximate surface area is 652 Å². The molecule has 0 bridgehead atoms.